The predicted octanol–water partition coefficient (Wildman–Crippen LogP) is 1.66. The van der Waals surface area contributed by atoms with Gasteiger partial charge in [-0.1, -0.05) is 5.16 Å². The van der Waals surface area contributed by atoms with Gasteiger partial charge in [0.2, 0.25) is 0 Å². The summed E-state index contributed by atoms with van der Waals surface area (Å²) >= 11 is 0. The zero-order valence-electron chi connectivity index (χ0n) is 10.4. The second-order valence-electron chi connectivity index (χ2n) is 3.69. The average Bonchev–Trinajstić information content (AvgIpc) is 2.82. The summed E-state index contributed by atoms with van der Waals surface area (Å²) in [7, 11) is 1.46. The van der Waals surface area contributed by atoms with E-state index < -0.39 is 5.97 Å². The smallest absolute Gasteiger partial charge is 0.339 e. The van der Waals surface area contributed by atoms with Crippen molar-refractivity contribution in [2.45, 2.75) is 13.5 Å². The van der Waals surface area contributed by atoms with Crippen molar-refractivity contribution in [2.75, 3.05) is 7.11 Å². The van der Waals surface area contributed by atoms with Crippen LogP contribution in [0.2, 0.25) is 0 Å². The summed E-state index contributed by atoms with van der Waals surface area (Å²) in [4.78, 5) is 15.1. The monoisotopic (exact) mass is 264 g/mol. The first-order chi connectivity index (χ1) is 9.10. The van der Waals surface area contributed by atoms with E-state index in [1.54, 1.807) is 13.0 Å². The van der Waals surface area contributed by atoms with Crippen LogP contribution < -0.4 is 9.47 Å². The number of carboxylic acids is 1. The lowest BCUT2D eigenvalue weighted by Crippen LogP contribution is -2.04. The Bertz CT molecular complexity index is 594. The van der Waals surface area contributed by atoms with Crippen molar-refractivity contribution in [1.29, 1.82) is 0 Å². The minimum Gasteiger partial charge on any atom is -0.497 e. The van der Waals surface area contributed by atoms with Crippen LogP contribution in [0, 0.1) is 6.92 Å². The number of aromatic carboxylic acids is 1. The van der Waals surface area contributed by atoms with Crippen molar-refractivity contribution in [1.82, 2.24) is 10.1 Å². The largest absolute Gasteiger partial charge is 0.497 e. The third-order valence-electron chi connectivity index (χ3n) is 2.34. The molecular formula is C12H12N2O5. The third kappa shape index (κ3) is 3.01. The van der Waals surface area contributed by atoms with E-state index in [1.807, 2.05) is 0 Å². The molecule has 0 radical (unpaired) electrons. The molecule has 0 aliphatic heterocycles. The molecular weight excluding hydrogens is 252 g/mol. The van der Waals surface area contributed by atoms with Crippen LogP contribution in [0.3, 0.4) is 0 Å². The molecule has 1 heterocycles. The van der Waals surface area contributed by atoms with E-state index in [1.165, 1.54) is 19.2 Å². The van der Waals surface area contributed by atoms with Crippen molar-refractivity contribution in [3.05, 3.63) is 35.5 Å². The summed E-state index contributed by atoms with van der Waals surface area (Å²) in [5.74, 6) is 0.328. The highest BCUT2D eigenvalue weighted by Gasteiger charge is 2.14. The molecule has 1 aromatic carbocycles. The van der Waals surface area contributed by atoms with Crippen LogP contribution >= 0.6 is 0 Å². The fraction of sp³-hybridized carbons (Fsp3) is 0.250. The number of benzene rings is 1. The van der Waals surface area contributed by atoms with E-state index in [0.717, 1.165) is 0 Å². The molecule has 0 saturated carbocycles. The quantitative estimate of drug-likeness (QED) is 0.877. The maximum Gasteiger partial charge on any atom is 0.339 e. The molecule has 0 atom stereocenters. The lowest BCUT2D eigenvalue weighted by Gasteiger charge is -2.08. The molecule has 7 heteroatoms. The molecule has 2 aromatic rings. The summed E-state index contributed by atoms with van der Waals surface area (Å²) in [5.41, 5.74) is 0.00980. The van der Waals surface area contributed by atoms with Gasteiger partial charge in [0.05, 0.1) is 7.11 Å². The summed E-state index contributed by atoms with van der Waals surface area (Å²) < 4.78 is 15.2. The van der Waals surface area contributed by atoms with Gasteiger partial charge in [0.1, 0.15) is 17.1 Å². The normalized spacial score (nSPS) is 10.2. The van der Waals surface area contributed by atoms with Gasteiger partial charge in [-0.25, -0.2) is 4.79 Å². The lowest BCUT2D eigenvalue weighted by atomic mass is 10.2. The number of carboxylic acid groups (broad SMARTS) is 1. The van der Waals surface area contributed by atoms with E-state index in [9.17, 15) is 4.79 Å². The van der Waals surface area contributed by atoms with Gasteiger partial charge < -0.3 is 19.1 Å². The van der Waals surface area contributed by atoms with Crippen LogP contribution in [0.1, 0.15) is 22.1 Å². The molecule has 0 spiro atoms. The van der Waals surface area contributed by atoms with Crippen LogP contribution in [-0.2, 0) is 6.61 Å². The number of aryl methyl sites for hydroxylation is 1. The molecule has 0 aliphatic carbocycles. The zero-order valence-corrected chi connectivity index (χ0v) is 10.4. The number of rotatable bonds is 5. The van der Waals surface area contributed by atoms with Crippen LogP contribution in [0.15, 0.2) is 22.7 Å². The number of hydrogen-bond acceptors (Lipinski definition) is 6. The summed E-state index contributed by atoms with van der Waals surface area (Å²) in [5, 5.41) is 12.7. The Morgan fingerprint density at radius 3 is 2.84 bits per heavy atom. The average molecular weight is 264 g/mol. The molecule has 7 nitrogen and oxygen atoms in total. The molecule has 0 fully saturated rings. The van der Waals surface area contributed by atoms with E-state index >= 15 is 0 Å². The number of methoxy groups -OCH3 is 1. The molecule has 0 unspecified atom stereocenters. The minimum absolute atomic E-state index is 0.00739. The molecule has 0 amide bonds. The standard InChI is InChI=1S/C12H12N2O5/c1-7-13-11(19-14-7)6-18-10-4-3-8(17-2)5-9(10)12(15)16/h3-5H,6H2,1-2H3,(H,15,16). The number of hydrogen-bond donors (Lipinski definition) is 1. The number of nitrogens with zero attached hydrogens (tertiary/aromatic N) is 2. The Morgan fingerprint density at radius 1 is 1.47 bits per heavy atom. The summed E-state index contributed by atoms with van der Waals surface area (Å²) in [6.07, 6.45) is 0. The van der Waals surface area contributed by atoms with Gasteiger partial charge in [-0.05, 0) is 25.1 Å². The van der Waals surface area contributed by atoms with Gasteiger partial charge in [0.15, 0.2) is 12.4 Å². The second kappa shape index (κ2) is 5.38. The van der Waals surface area contributed by atoms with Gasteiger partial charge in [-0.2, -0.15) is 4.98 Å². The first-order valence-electron chi connectivity index (χ1n) is 5.43. The van der Waals surface area contributed by atoms with Crippen LogP contribution in [-0.4, -0.2) is 28.3 Å². The van der Waals surface area contributed by atoms with Gasteiger partial charge in [-0.15, -0.1) is 0 Å². The van der Waals surface area contributed by atoms with Crippen molar-refractivity contribution in [3.8, 4) is 11.5 Å². The molecule has 1 aromatic heterocycles. The molecule has 0 aliphatic rings. The second-order valence-corrected chi connectivity index (χ2v) is 3.69. The fourth-order valence-corrected chi connectivity index (χ4v) is 1.47. The topological polar surface area (TPSA) is 94.7 Å². The van der Waals surface area contributed by atoms with Gasteiger partial charge in [-0.3, -0.25) is 0 Å². The molecule has 1 N–H and O–H groups in total. The number of aromatic nitrogens is 2. The number of ether oxygens (including phenoxy) is 2. The zero-order chi connectivity index (χ0) is 13.8. The minimum atomic E-state index is -1.10. The highest BCUT2D eigenvalue weighted by atomic mass is 16.5. The van der Waals surface area contributed by atoms with Crippen molar-refractivity contribution in [2.24, 2.45) is 0 Å². The van der Waals surface area contributed by atoms with Crippen LogP contribution in [0.4, 0.5) is 0 Å². The molecule has 2 rings (SSSR count). The SMILES string of the molecule is COc1ccc(OCc2nc(C)no2)c(C(=O)O)c1. The van der Waals surface area contributed by atoms with Gasteiger partial charge in [0.25, 0.3) is 5.89 Å². The first-order valence-corrected chi connectivity index (χ1v) is 5.43. The van der Waals surface area contributed by atoms with Crippen molar-refractivity contribution >= 4 is 5.97 Å². The van der Waals surface area contributed by atoms with E-state index in [0.29, 0.717) is 11.6 Å². The predicted molar refractivity (Wildman–Crippen MR) is 63.3 cm³/mol. The van der Waals surface area contributed by atoms with E-state index in [2.05, 4.69) is 10.1 Å². The molecule has 100 valence electrons. The highest BCUT2D eigenvalue weighted by Crippen LogP contribution is 2.24. The molecule has 0 bridgehead atoms. The van der Waals surface area contributed by atoms with Gasteiger partial charge >= 0.3 is 5.97 Å². The van der Waals surface area contributed by atoms with Crippen molar-refractivity contribution < 1.29 is 23.9 Å². The van der Waals surface area contributed by atoms with E-state index in [-0.39, 0.29) is 23.8 Å². The van der Waals surface area contributed by atoms with Gasteiger partial charge in [0, 0.05) is 0 Å². The fourth-order valence-electron chi connectivity index (χ4n) is 1.47. The molecule has 19 heavy (non-hydrogen) atoms. The lowest BCUT2D eigenvalue weighted by molar-refractivity contribution is 0.0690. The molecule has 0 saturated heterocycles. The highest BCUT2D eigenvalue weighted by molar-refractivity contribution is 5.91. The van der Waals surface area contributed by atoms with Crippen LogP contribution in [0.25, 0.3) is 0 Å². The van der Waals surface area contributed by atoms with E-state index in [4.69, 9.17) is 19.1 Å². The van der Waals surface area contributed by atoms with Crippen LogP contribution in [0.5, 0.6) is 11.5 Å². The Labute approximate surface area is 108 Å². The Morgan fingerprint density at radius 2 is 2.26 bits per heavy atom. The maximum atomic E-state index is 11.1. The Hall–Kier alpha value is -2.57. The summed E-state index contributed by atoms with van der Waals surface area (Å²) in [6, 6.07) is 4.52. The van der Waals surface area contributed by atoms with Crippen molar-refractivity contribution in [3.63, 3.8) is 0 Å². The Kier molecular flexibility index (Phi) is 3.65. The first kappa shape index (κ1) is 12.9. The third-order valence-corrected chi connectivity index (χ3v) is 2.34. The maximum absolute atomic E-state index is 11.1. The number of carbonyl (C=O) groups is 1. The summed E-state index contributed by atoms with van der Waals surface area (Å²) in [6.45, 7) is 1.69. The Balaban J connectivity index is 2.17.